The lowest BCUT2D eigenvalue weighted by Crippen LogP contribution is -2.16. The Kier molecular flexibility index (Phi) is 3.62. The Morgan fingerprint density at radius 2 is 2.20 bits per heavy atom. The highest BCUT2D eigenvalue weighted by Gasteiger charge is 2.07. The summed E-state index contributed by atoms with van der Waals surface area (Å²) in [4.78, 5) is 22.3. The molecule has 0 saturated carbocycles. The summed E-state index contributed by atoms with van der Waals surface area (Å²) < 4.78 is 0. The van der Waals surface area contributed by atoms with Crippen LogP contribution in [0.5, 0.6) is 0 Å². The van der Waals surface area contributed by atoms with E-state index in [-0.39, 0.29) is 11.5 Å². The maximum absolute atomic E-state index is 11.2. The normalized spacial score (nSPS) is 11.2. The summed E-state index contributed by atoms with van der Waals surface area (Å²) >= 11 is 1.29. The van der Waals surface area contributed by atoms with Crippen molar-refractivity contribution in [2.24, 2.45) is 0 Å². The standard InChI is InChI=1S/C10H11NO3S/c1-6(10(13)14)3-7-4-8(15-5-7)9(12)11-2/h3-5H,1-2H3,(H,11,12)(H,13,14). The van der Waals surface area contributed by atoms with E-state index in [1.54, 1.807) is 18.5 Å². The Bertz CT molecular complexity index is 420. The Morgan fingerprint density at radius 1 is 1.53 bits per heavy atom. The predicted molar refractivity (Wildman–Crippen MR) is 59.0 cm³/mol. The number of hydrogen-bond acceptors (Lipinski definition) is 3. The quantitative estimate of drug-likeness (QED) is 0.768. The molecule has 80 valence electrons. The van der Waals surface area contributed by atoms with E-state index in [0.717, 1.165) is 5.56 Å². The molecule has 0 spiro atoms. The van der Waals surface area contributed by atoms with E-state index in [1.165, 1.54) is 24.3 Å². The highest BCUT2D eigenvalue weighted by atomic mass is 32.1. The van der Waals surface area contributed by atoms with Crippen molar-refractivity contribution in [2.75, 3.05) is 7.05 Å². The number of carbonyl (C=O) groups is 2. The molecular formula is C10H11NO3S. The van der Waals surface area contributed by atoms with E-state index in [4.69, 9.17) is 5.11 Å². The first-order valence-electron chi connectivity index (χ1n) is 4.27. The van der Waals surface area contributed by atoms with E-state index >= 15 is 0 Å². The highest BCUT2D eigenvalue weighted by Crippen LogP contribution is 2.17. The molecule has 0 saturated heterocycles. The van der Waals surface area contributed by atoms with Crippen LogP contribution < -0.4 is 5.32 Å². The van der Waals surface area contributed by atoms with Crippen molar-refractivity contribution in [2.45, 2.75) is 6.92 Å². The van der Waals surface area contributed by atoms with Gasteiger partial charge in [0.15, 0.2) is 0 Å². The third-order valence-electron chi connectivity index (χ3n) is 1.79. The molecule has 0 aliphatic heterocycles. The van der Waals surface area contributed by atoms with E-state index in [1.807, 2.05) is 0 Å². The molecular weight excluding hydrogens is 214 g/mol. The van der Waals surface area contributed by atoms with Gasteiger partial charge >= 0.3 is 5.97 Å². The molecule has 0 aliphatic carbocycles. The van der Waals surface area contributed by atoms with Crippen LogP contribution >= 0.6 is 11.3 Å². The number of carboxylic acids is 1. The molecule has 1 aromatic rings. The first-order chi connectivity index (χ1) is 7.04. The van der Waals surface area contributed by atoms with Gasteiger partial charge in [0, 0.05) is 12.6 Å². The number of thiophene rings is 1. The zero-order valence-electron chi connectivity index (χ0n) is 8.40. The van der Waals surface area contributed by atoms with Crippen molar-refractivity contribution < 1.29 is 14.7 Å². The van der Waals surface area contributed by atoms with Crippen molar-refractivity contribution in [1.29, 1.82) is 0 Å². The summed E-state index contributed by atoms with van der Waals surface area (Å²) in [5.41, 5.74) is 0.981. The lowest BCUT2D eigenvalue weighted by atomic mass is 10.2. The van der Waals surface area contributed by atoms with Crippen molar-refractivity contribution in [3.8, 4) is 0 Å². The van der Waals surface area contributed by atoms with E-state index in [0.29, 0.717) is 4.88 Å². The number of amides is 1. The molecule has 0 aromatic carbocycles. The maximum atomic E-state index is 11.2. The lowest BCUT2D eigenvalue weighted by molar-refractivity contribution is -0.132. The minimum atomic E-state index is -0.956. The van der Waals surface area contributed by atoms with Crippen molar-refractivity contribution >= 4 is 29.3 Å². The van der Waals surface area contributed by atoms with Crippen LogP contribution in [0.3, 0.4) is 0 Å². The monoisotopic (exact) mass is 225 g/mol. The van der Waals surface area contributed by atoms with Gasteiger partial charge in [-0.1, -0.05) is 0 Å². The van der Waals surface area contributed by atoms with Gasteiger partial charge in [-0.2, -0.15) is 0 Å². The fourth-order valence-corrected chi connectivity index (χ4v) is 1.79. The Labute approximate surface area is 91.2 Å². The molecule has 15 heavy (non-hydrogen) atoms. The van der Waals surface area contributed by atoms with E-state index < -0.39 is 5.97 Å². The topological polar surface area (TPSA) is 66.4 Å². The maximum Gasteiger partial charge on any atom is 0.331 e. The number of rotatable bonds is 3. The first kappa shape index (κ1) is 11.5. The minimum Gasteiger partial charge on any atom is -0.478 e. The summed E-state index contributed by atoms with van der Waals surface area (Å²) in [5.74, 6) is -1.12. The van der Waals surface area contributed by atoms with Crippen LogP contribution in [0.1, 0.15) is 22.2 Å². The van der Waals surface area contributed by atoms with Gasteiger partial charge < -0.3 is 10.4 Å². The Morgan fingerprint density at radius 3 is 2.73 bits per heavy atom. The summed E-state index contributed by atoms with van der Waals surface area (Å²) in [7, 11) is 1.56. The van der Waals surface area contributed by atoms with Gasteiger partial charge in [0.25, 0.3) is 5.91 Å². The number of aliphatic carboxylic acids is 1. The van der Waals surface area contributed by atoms with Gasteiger partial charge in [-0.15, -0.1) is 11.3 Å². The van der Waals surface area contributed by atoms with Crippen LogP contribution in [-0.4, -0.2) is 24.0 Å². The predicted octanol–water partition coefficient (Wildman–Crippen LogP) is 1.60. The summed E-state index contributed by atoms with van der Waals surface area (Å²) in [5, 5.41) is 12.9. The fraction of sp³-hybridized carbons (Fsp3) is 0.200. The van der Waals surface area contributed by atoms with E-state index in [9.17, 15) is 9.59 Å². The van der Waals surface area contributed by atoms with Crippen LogP contribution in [0.25, 0.3) is 6.08 Å². The van der Waals surface area contributed by atoms with E-state index in [2.05, 4.69) is 5.32 Å². The molecule has 1 rings (SSSR count). The molecule has 0 radical (unpaired) electrons. The van der Waals surface area contributed by atoms with Gasteiger partial charge in [-0.05, 0) is 30.0 Å². The average molecular weight is 225 g/mol. The third-order valence-corrected chi connectivity index (χ3v) is 2.74. The number of hydrogen-bond donors (Lipinski definition) is 2. The number of carbonyl (C=O) groups excluding carboxylic acids is 1. The number of nitrogens with one attached hydrogen (secondary N) is 1. The molecule has 0 bridgehead atoms. The lowest BCUT2D eigenvalue weighted by Gasteiger charge is -1.92. The van der Waals surface area contributed by atoms with Crippen molar-refractivity contribution in [3.63, 3.8) is 0 Å². The zero-order valence-corrected chi connectivity index (χ0v) is 9.22. The second-order valence-corrected chi connectivity index (χ2v) is 3.87. The van der Waals surface area contributed by atoms with Gasteiger partial charge in [0.1, 0.15) is 0 Å². The molecule has 5 heteroatoms. The van der Waals surface area contributed by atoms with Crippen molar-refractivity contribution in [3.05, 3.63) is 27.5 Å². The fourth-order valence-electron chi connectivity index (χ4n) is 0.981. The number of carboxylic acid groups (broad SMARTS) is 1. The van der Waals surface area contributed by atoms with Crippen LogP contribution in [0, 0.1) is 0 Å². The summed E-state index contributed by atoms with van der Waals surface area (Å²) in [6.45, 7) is 1.51. The Balaban J connectivity index is 2.90. The second kappa shape index (κ2) is 4.75. The smallest absolute Gasteiger partial charge is 0.331 e. The summed E-state index contributed by atoms with van der Waals surface area (Å²) in [6.07, 6.45) is 1.53. The molecule has 1 aromatic heterocycles. The molecule has 0 aliphatic rings. The van der Waals surface area contributed by atoms with Crippen LogP contribution in [0.15, 0.2) is 17.0 Å². The van der Waals surface area contributed by atoms with Crippen LogP contribution in [0.2, 0.25) is 0 Å². The SMILES string of the molecule is CNC(=O)c1cc(C=C(C)C(=O)O)cs1. The highest BCUT2D eigenvalue weighted by molar-refractivity contribution is 7.12. The molecule has 2 N–H and O–H groups in total. The van der Waals surface area contributed by atoms with Crippen LogP contribution in [-0.2, 0) is 4.79 Å². The second-order valence-electron chi connectivity index (χ2n) is 2.96. The third kappa shape index (κ3) is 2.92. The summed E-state index contributed by atoms with van der Waals surface area (Å²) in [6, 6.07) is 1.66. The molecule has 1 heterocycles. The zero-order chi connectivity index (χ0) is 11.4. The molecule has 4 nitrogen and oxygen atoms in total. The molecule has 0 unspecified atom stereocenters. The van der Waals surface area contributed by atoms with Gasteiger partial charge in [0.2, 0.25) is 0 Å². The van der Waals surface area contributed by atoms with Gasteiger partial charge in [-0.3, -0.25) is 4.79 Å². The molecule has 0 fully saturated rings. The van der Waals surface area contributed by atoms with Gasteiger partial charge in [0.05, 0.1) is 4.88 Å². The van der Waals surface area contributed by atoms with Gasteiger partial charge in [-0.25, -0.2) is 4.79 Å². The molecule has 1 amide bonds. The minimum absolute atomic E-state index is 0.160. The first-order valence-corrected chi connectivity index (χ1v) is 5.14. The average Bonchev–Trinajstić information content (AvgIpc) is 2.65. The van der Waals surface area contributed by atoms with Crippen LogP contribution in [0.4, 0.5) is 0 Å². The Hall–Kier alpha value is -1.62. The molecule has 0 atom stereocenters. The largest absolute Gasteiger partial charge is 0.478 e. The van der Waals surface area contributed by atoms with Crippen molar-refractivity contribution in [1.82, 2.24) is 5.32 Å².